The molecule has 0 atom stereocenters. The fraction of sp³-hybridized carbons (Fsp3) is 0.0435. The lowest BCUT2D eigenvalue weighted by Crippen LogP contribution is -2.23. The van der Waals surface area contributed by atoms with Gasteiger partial charge in [0.05, 0.1) is 22.3 Å². The average molecular weight is 469 g/mol. The third-order valence-electron chi connectivity index (χ3n) is 5.07. The summed E-state index contributed by atoms with van der Waals surface area (Å²) in [6.45, 7) is 0.329. The van der Waals surface area contributed by atoms with Crippen LogP contribution in [-0.4, -0.2) is 8.97 Å². The number of hydrogen-bond donors (Lipinski definition) is 0. The summed E-state index contributed by atoms with van der Waals surface area (Å²) in [5, 5.41) is 1.83. The number of halogens is 2. The maximum absolute atomic E-state index is 13.6. The van der Waals surface area contributed by atoms with Gasteiger partial charge in [0, 0.05) is 15.6 Å². The van der Waals surface area contributed by atoms with Crippen LogP contribution in [0.25, 0.3) is 27.0 Å². The Labute approximate surface area is 191 Å². The van der Waals surface area contributed by atoms with Gasteiger partial charge >= 0.3 is 0 Å². The van der Waals surface area contributed by atoms with E-state index >= 15 is 0 Å². The number of thiazole rings is 1. The van der Waals surface area contributed by atoms with E-state index in [9.17, 15) is 4.79 Å². The van der Waals surface area contributed by atoms with Gasteiger partial charge in [-0.25, -0.2) is 0 Å². The third-order valence-corrected chi connectivity index (χ3v) is 7.16. The third kappa shape index (κ3) is 3.10. The van der Waals surface area contributed by atoms with Gasteiger partial charge in [-0.3, -0.25) is 13.8 Å². The van der Waals surface area contributed by atoms with Crippen molar-refractivity contribution in [2.24, 2.45) is 0 Å². The maximum atomic E-state index is 13.6. The second kappa shape index (κ2) is 7.67. The molecule has 2 aromatic heterocycles. The molecule has 7 heteroatoms. The first-order valence-corrected chi connectivity index (χ1v) is 11.2. The van der Waals surface area contributed by atoms with Gasteiger partial charge in [0.15, 0.2) is 3.95 Å². The average Bonchev–Trinajstić information content (AvgIpc) is 3.09. The van der Waals surface area contributed by atoms with Crippen LogP contribution in [0.5, 0.6) is 0 Å². The number of fused-ring (bicyclic) bond motifs is 3. The predicted molar refractivity (Wildman–Crippen MR) is 129 cm³/mol. The topological polar surface area (TPSA) is 26.4 Å². The maximum Gasteiger partial charge on any atom is 0.261 e. The Bertz CT molecular complexity index is 1550. The first kappa shape index (κ1) is 19.5. The lowest BCUT2D eigenvalue weighted by molar-refractivity contribution is 0.781. The SMILES string of the molecule is O=c1c2ccccc2n2c(=S)sc(-c3ccccc3Cl)c2n1Cc1ccccc1Cl. The van der Waals surface area contributed by atoms with E-state index in [4.69, 9.17) is 35.4 Å². The molecule has 0 amide bonds. The highest BCUT2D eigenvalue weighted by molar-refractivity contribution is 7.73. The fourth-order valence-electron chi connectivity index (χ4n) is 3.68. The van der Waals surface area contributed by atoms with Crippen molar-refractivity contribution in [3.8, 4) is 10.4 Å². The van der Waals surface area contributed by atoms with Crippen LogP contribution in [0.3, 0.4) is 0 Å². The van der Waals surface area contributed by atoms with Gasteiger partial charge in [-0.15, -0.1) is 11.3 Å². The van der Waals surface area contributed by atoms with E-state index in [1.54, 1.807) is 4.57 Å². The van der Waals surface area contributed by atoms with Crippen LogP contribution < -0.4 is 5.56 Å². The van der Waals surface area contributed by atoms with Crippen LogP contribution in [0.2, 0.25) is 10.0 Å². The van der Waals surface area contributed by atoms with Crippen molar-refractivity contribution in [1.82, 2.24) is 8.97 Å². The van der Waals surface area contributed by atoms with E-state index in [0.717, 1.165) is 27.2 Å². The molecule has 5 rings (SSSR count). The molecule has 0 unspecified atom stereocenters. The summed E-state index contributed by atoms with van der Waals surface area (Å²) in [5.41, 5.74) is 3.13. The summed E-state index contributed by atoms with van der Waals surface area (Å²) in [7, 11) is 0. The summed E-state index contributed by atoms with van der Waals surface area (Å²) < 4.78 is 4.37. The first-order valence-electron chi connectivity index (χ1n) is 9.21. The standard InChI is InChI=1S/C23H14Cl2N2OS2/c24-17-10-4-1-7-14(17)13-26-21-20(15-8-2-5-11-18(15)25)30-23(29)27(21)19-12-6-3-9-16(19)22(26)28/h1-12H,13H2. The van der Waals surface area contributed by atoms with Gasteiger partial charge in [0.1, 0.15) is 5.65 Å². The van der Waals surface area contributed by atoms with E-state index in [1.165, 1.54) is 11.3 Å². The van der Waals surface area contributed by atoms with Gasteiger partial charge in [0.25, 0.3) is 5.56 Å². The minimum absolute atomic E-state index is 0.0911. The van der Waals surface area contributed by atoms with Gasteiger partial charge in [-0.2, -0.15) is 0 Å². The van der Waals surface area contributed by atoms with Crippen molar-refractivity contribution >= 4 is 63.3 Å². The number of benzene rings is 3. The van der Waals surface area contributed by atoms with Crippen LogP contribution in [0.1, 0.15) is 5.56 Å². The Kier molecular flexibility index (Phi) is 4.99. The monoisotopic (exact) mass is 468 g/mol. The molecule has 0 aliphatic carbocycles. The Balaban J connectivity index is 1.95. The van der Waals surface area contributed by atoms with E-state index < -0.39 is 0 Å². The Hall–Kier alpha value is -2.44. The number of rotatable bonds is 3. The molecular formula is C23H14Cl2N2OS2. The summed E-state index contributed by atoms with van der Waals surface area (Å²) >= 11 is 20.1. The quantitative estimate of drug-likeness (QED) is 0.264. The largest absolute Gasteiger partial charge is 0.288 e. The zero-order valence-electron chi connectivity index (χ0n) is 15.5. The molecule has 0 fully saturated rings. The van der Waals surface area contributed by atoms with Crippen molar-refractivity contribution < 1.29 is 0 Å². The van der Waals surface area contributed by atoms with Crippen LogP contribution in [0, 0.1) is 3.95 Å². The van der Waals surface area contributed by atoms with E-state index in [-0.39, 0.29) is 5.56 Å². The highest BCUT2D eigenvalue weighted by Crippen LogP contribution is 2.37. The van der Waals surface area contributed by atoms with E-state index in [2.05, 4.69) is 0 Å². The van der Waals surface area contributed by atoms with Crippen molar-refractivity contribution in [2.75, 3.05) is 0 Å². The minimum Gasteiger partial charge on any atom is -0.288 e. The van der Waals surface area contributed by atoms with Crippen molar-refractivity contribution in [1.29, 1.82) is 0 Å². The van der Waals surface area contributed by atoms with Crippen LogP contribution in [0.15, 0.2) is 77.6 Å². The van der Waals surface area contributed by atoms with Crippen molar-refractivity contribution in [3.63, 3.8) is 0 Å². The molecule has 3 nitrogen and oxygen atoms in total. The van der Waals surface area contributed by atoms with Crippen molar-refractivity contribution in [3.05, 3.63) is 103 Å². The minimum atomic E-state index is -0.0911. The number of nitrogens with zero attached hydrogens (tertiary/aromatic N) is 2. The Morgan fingerprint density at radius 2 is 1.53 bits per heavy atom. The van der Waals surface area contributed by atoms with Crippen LogP contribution in [0.4, 0.5) is 0 Å². The Morgan fingerprint density at radius 3 is 2.30 bits per heavy atom. The van der Waals surface area contributed by atoms with Crippen LogP contribution >= 0.6 is 46.8 Å². The summed E-state index contributed by atoms with van der Waals surface area (Å²) in [4.78, 5) is 14.4. The smallest absolute Gasteiger partial charge is 0.261 e. The second-order valence-electron chi connectivity index (χ2n) is 6.84. The molecule has 30 heavy (non-hydrogen) atoms. The molecule has 0 aliphatic heterocycles. The predicted octanol–water partition coefficient (Wildman–Crippen LogP) is 7.07. The molecule has 0 spiro atoms. The van der Waals surface area contributed by atoms with E-state index in [0.29, 0.717) is 25.9 Å². The molecule has 0 radical (unpaired) electrons. The molecule has 0 bridgehead atoms. The Morgan fingerprint density at radius 1 is 0.867 bits per heavy atom. The van der Waals surface area contributed by atoms with Crippen molar-refractivity contribution in [2.45, 2.75) is 6.54 Å². The number of hydrogen-bond acceptors (Lipinski definition) is 3. The van der Waals surface area contributed by atoms with Gasteiger partial charge in [0.2, 0.25) is 0 Å². The number of para-hydroxylation sites is 1. The lowest BCUT2D eigenvalue weighted by Gasteiger charge is -2.14. The molecule has 148 valence electrons. The highest BCUT2D eigenvalue weighted by atomic mass is 35.5. The first-order chi connectivity index (χ1) is 14.6. The molecule has 0 saturated heterocycles. The zero-order valence-corrected chi connectivity index (χ0v) is 18.7. The molecule has 0 N–H and O–H groups in total. The highest BCUT2D eigenvalue weighted by Gasteiger charge is 2.20. The molecule has 5 aromatic rings. The molecular weight excluding hydrogens is 455 g/mol. The van der Waals surface area contributed by atoms with Crippen LogP contribution in [-0.2, 0) is 6.54 Å². The van der Waals surface area contributed by atoms with Gasteiger partial charge in [-0.1, -0.05) is 71.7 Å². The summed E-state index contributed by atoms with van der Waals surface area (Å²) in [6, 6.07) is 22.7. The number of aromatic nitrogens is 2. The molecule has 0 saturated carbocycles. The van der Waals surface area contributed by atoms with E-state index in [1.807, 2.05) is 77.2 Å². The normalized spacial score (nSPS) is 11.4. The van der Waals surface area contributed by atoms with Gasteiger partial charge < -0.3 is 0 Å². The molecule has 0 aliphatic rings. The fourth-order valence-corrected chi connectivity index (χ4v) is 5.63. The summed E-state index contributed by atoms with van der Waals surface area (Å²) in [5.74, 6) is 0. The molecule has 3 aromatic carbocycles. The molecule has 2 heterocycles. The second-order valence-corrected chi connectivity index (χ2v) is 9.29. The summed E-state index contributed by atoms with van der Waals surface area (Å²) in [6.07, 6.45) is 0. The lowest BCUT2D eigenvalue weighted by atomic mass is 10.1. The van der Waals surface area contributed by atoms with Gasteiger partial charge in [-0.05, 0) is 42.0 Å². The zero-order chi connectivity index (χ0) is 20.8.